The molecule has 2 aromatic carbocycles. The summed E-state index contributed by atoms with van der Waals surface area (Å²) in [6, 6.07) is 12.2. The average molecular weight is 484 g/mol. The van der Waals surface area contributed by atoms with Crippen molar-refractivity contribution in [3.8, 4) is 0 Å². The summed E-state index contributed by atoms with van der Waals surface area (Å²) in [5.74, 6) is 0.787. The van der Waals surface area contributed by atoms with Crippen LogP contribution in [0, 0.1) is 23.6 Å². The highest BCUT2D eigenvalue weighted by Gasteiger charge is 2.42. The van der Waals surface area contributed by atoms with Gasteiger partial charge >= 0.3 is 5.97 Å². The van der Waals surface area contributed by atoms with Gasteiger partial charge in [0, 0.05) is 16.5 Å². The number of hydrogen-bond donors (Lipinski definition) is 1. The smallest absolute Gasteiger partial charge is 0.339 e. The molecule has 2 saturated carbocycles. The van der Waals surface area contributed by atoms with Gasteiger partial charge in [0.2, 0.25) is 11.7 Å². The van der Waals surface area contributed by atoms with Gasteiger partial charge < -0.3 is 10.1 Å². The molecule has 2 aliphatic carbocycles. The number of benzene rings is 2. The molecule has 0 saturated heterocycles. The minimum Gasteiger partial charge on any atom is -0.451 e. The van der Waals surface area contributed by atoms with E-state index in [1.807, 2.05) is 0 Å². The number of ketones is 1. The Kier molecular flexibility index (Phi) is 7.71. The lowest BCUT2D eigenvalue weighted by atomic mass is 9.84. The SMILES string of the molecule is C[C@H](OC(=O)c1ccccc1SCC(=O)N[C@H](C)[C@@H]1C[C@H]2CC[C@H]1C2)C(=O)c1ccc(F)cc1. The van der Waals surface area contributed by atoms with E-state index in [4.69, 9.17) is 4.74 Å². The van der Waals surface area contributed by atoms with Gasteiger partial charge in [0.15, 0.2) is 6.10 Å². The maximum Gasteiger partial charge on any atom is 0.339 e. The number of halogens is 1. The number of amides is 1. The van der Waals surface area contributed by atoms with Crippen LogP contribution in [-0.2, 0) is 9.53 Å². The summed E-state index contributed by atoms with van der Waals surface area (Å²) >= 11 is 1.28. The molecule has 0 heterocycles. The Labute approximate surface area is 203 Å². The lowest BCUT2D eigenvalue weighted by molar-refractivity contribution is -0.119. The molecule has 0 radical (unpaired) electrons. The zero-order chi connectivity index (χ0) is 24.2. The lowest BCUT2D eigenvalue weighted by Gasteiger charge is -2.28. The predicted octanol–water partition coefficient (Wildman–Crippen LogP) is 5.29. The van der Waals surface area contributed by atoms with Crippen LogP contribution in [-0.4, -0.2) is 35.6 Å². The van der Waals surface area contributed by atoms with Crippen molar-refractivity contribution in [1.29, 1.82) is 0 Å². The summed E-state index contributed by atoms with van der Waals surface area (Å²) in [5, 5.41) is 3.15. The first-order chi connectivity index (χ1) is 16.3. The van der Waals surface area contributed by atoms with Crippen molar-refractivity contribution in [1.82, 2.24) is 5.32 Å². The number of fused-ring (bicyclic) bond motifs is 2. The standard InChI is InChI=1S/C27H30FNO4S/c1-16(23-14-18-7-8-20(23)13-18)29-25(30)15-34-24-6-4-3-5-22(24)27(32)33-17(2)26(31)19-9-11-21(28)12-10-19/h3-6,9-12,16-18,20,23H,7-8,13-15H2,1-2H3,(H,29,30)/t16-,17+,18+,20+,23+/m1/s1. The minimum absolute atomic E-state index is 0.0525. The van der Waals surface area contributed by atoms with Crippen LogP contribution in [0.15, 0.2) is 53.4 Å². The van der Waals surface area contributed by atoms with E-state index in [1.165, 1.54) is 68.6 Å². The summed E-state index contributed by atoms with van der Waals surface area (Å²) in [6.07, 6.45) is 4.10. The normalized spacial score (nSPS) is 22.7. The van der Waals surface area contributed by atoms with Gasteiger partial charge in [-0.15, -0.1) is 11.8 Å². The molecule has 0 aromatic heterocycles. The molecule has 7 heteroatoms. The third kappa shape index (κ3) is 5.69. The molecule has 2 aliphatic rings. The monoisotopic (exact) mass is 483 g/mol. The maximum absolute atomic E-state index is 13.1. The number of hydrogen-bond acceptors (Lipinski definition) is 5. The van der Waals surface area contributed by atoms with Gasteiger partial charge in [-0.1, -0.05) is 18.6 Å². The first kappa shape index (κ1) is 24.5. The van der Waals surface area contributed by atoms with Crippen LogP contribution in [0.25, 0.3) is 0 Å². The number of nitrogens with one attached hydrogen (secondary N) is 1. The van der Waals surface area contributed by atoms with E-state index in [0.29, 0.717) is 16.4 Å². The van der Waals surface area contributed by atoms with Crippen molar-refractivity contribution >= 4 is 29.4 Å². The van der Waals surface area contributed by atoms with Crippen molar-refractivity contribution in [2.24, 2.45) is 17.8 Å². The van der Waals surface area contributed by atoms with E-state index < -0.39 is 23.7 Å². The van der Waals surface area contributed by atoms with E-state index in [0.717, 1.165) is 11.8 Å². The van der Waals surface area contributed by atoms with E-state index in [2.05, 4.69) is 12.2 Å². The van der Waals surface area contributed by atoms with E-state index in [9.17, 15) is 18.8 Å². The van der Waals surface area contributed by atoms with Gasteiger partial charge in [0.1, 0.15) is 5.82 Å². The molecule has 2 bridgehead atoms. The van der Waals surface area contributed by atoms with Crippen LogP contribution in [0.1, 0.15) is 60.2 Å². The number of rotatable bonds is 9. The highest BCUT2D eigenvalue weighted by molar-refractivity contribution is 8.00. The Morgan fingerprint density at radius 3 is 2.47 bits per heavy atom. The summed E-state index contributed by atoms with van der Waals surface area (Å²) in [7, 11) is 0. The number of esters is 1. The molecule has 1 N–H and O–H groups in total. The largest absolute Gasteiger partial charge is 0.451 e. The van der Waals surface area contributed by atoms with Crippen molar-refractivity contribution in [2.45, 2.75) is 56.6 Å². The number of ether oxygens (including phenoxy) is 1. The van der Waals surface area contributed by atoms with Gasteiger partial charge in [-0.3, -0.25) is 9.59 Å². The molecule has 180 valence electrons. The van der Waals surface area contributed by atoms with Crippen LogP contribution >= 0.6 is 11.8 Å². The molecule has 0 aliphatic heterocycles. The quantitative estimate of drug-likeness (QED) is 0.298. The van der Waals surface area contributed by atoms with E-state index in [1.54, 1.807) is 24.3 Å². The molecule has 4 rings (SSSR count). The lowest BCUT2D eigenvalue weighted by Crippen LogP contribution is -2.40. The van der Waals surface area contributed by atoms with E-state index in [-0.39, 0.29) is 23.3 Å². The average Bonchev–Trinajstić information content (AvgIpc) is 3.47. The molecule has 0 spiro atoms. The van der Waals surface area contributed by atoms with Crippen molar-refractivity contribution in [3.05, 3.63) is 65.5 Å². The molecule has 5 nitrogen and oxygen atoms in total. The highest BCUT2D eigenvalue weighted by atomic mass is 32.2. The van der Waals surface area contributed by atoms with Crippen molar-refractivity contribution in [3.63, 3.8) is 0 Å². The second-order valence-electron chi connectivity index (χ2n) is 9.40. The Morgan fingerprint density at radius 1 is 1.06 bits per heavy atom. The molecule has 1 amide bonds. The second kappa shape index (κ2) is 10.7. The summed E-state index contributed by atoms with van der Waals surface area (Å²) < 4.78 is 18.5. The number of Topliss-reactive ketones (excluding diaryl/α,β-unsaturated/α-hetero) is 1. The first-order valence-electron chi connectivity index (χ1n) is 11.8. The molecule has 0 unspecified atom stereocenters. The second-order valence-corrected chi connectivity index (χ2v) is 10.4. The molecular weight excluding hydrogens is 453 g/mol. The summed E-state index contributed by atoms with van der Waals surface area (Å²) in [4.78, 5) is 38.5. The zero-order valence-electron chi connectivity index (χ0n) is 19.5. The number of carbonyl (C=O) groups is 3. The number of thioether (sulfide) groups is 1. The maximum atomic E-state index is 13.1. The van der Waals surface area contributed by atoms with E-state index >= 15 is 0 Å². The molecule has 34 heavy (non-hydrogen) atoms. The van der Waals surface area contributed by atoms with Crippen LogP contribution < -0.4 is 5.32 Å². The zero-order valence-corrected chi connectivity index (χ0v) is 20.3. The topological polar surface area (TPSA) is 72.5 Å². The fourth-order valence-electron chi connectivity index (χ4n) is 5.34. The minimum atomic E-state index is -1.03. The van der Waals surface area contributed by atoms with Crippen LogP contribution in [0.5, 0.6) is 0 Å². The fourth-order valence-corrected chi connectivity index (χ4v) is 6.19. The Morgan fingerprint density at radius 2 is 1.79 bits per heavy atom. The van der Waals surface area contributed by atoms with Gasteiger partial charge in [0.25, 0.3) is 0 Å². The first-order valence-corrected chi connectivity index (χ1v) is 12.8. The van der Waals surface area contributed by atoms with Gasteiger partial charge in [0.05, 0.1) is 11.3 Å². The molecule has 2 aromatic rings. The number of carbonyl (C=O) groups excluding carboxylic acids is 3. The van der Waals surface area contributed by atoms with Crippen LogP contribution in [0.4, 0.5) is 4.39 Å². The fraction of sp³-hybridized carbons (Fsp3) is 0.444. The Bertz CT molecular complexity index is 1060. The van der Waals surface area contributed by atoms with Crippen molar-refractivity contribution < 1.29 is 23.5 Å². The Balaban J connectivity index is 1.32. The Hall–Kier alpha value is -2.67. The molecule has 5 atom stereocenters. The summed E-state index contributed by atoms with van der Waals surface area (Å²) in [5.41, 5.74) is 0.575. The van der Waals surface area contributed by atoms with Gasteiger partial charge in [-0.2, -0.15) is 0 Å². The van der Waals surface area contributed by atoms with Crippen LogP contribution in [0.2, 0.25) is 0 Å². The summed E-state index contributed by atoms with van der Waals surface area (Å²) in [6.45, 7) is 3.59. The van der Waals surface area contributed by atoms with Crippen LogP contribution in [0.3, 0.4) is 0 Å². The van der Waals surface area contributed by atoms with Crippen molar-refractivity contribution in [2.75, 3.05) is 5.75 Å². The third-order valence-corrected chi connectivity index (χ3v) is 8.14. The third-order valence-electron chi connectivity index (χ3n) is 7.07. The molecular formula is C27H30FNO4S. The molecule has 2 fully saturated rings. The predicted molar refractivity (Wildman–Crippen MR) is 129 cm³/mol. The van der Waals surface area contributed by atoms with Gasteiger partial charge in [-0.25, -0.2) is 9.18 Å². The highest BCUT2D eigenvalue weighted by Crippen LogP contribution is 2.49. The van der Waals surface area contributed by atoms with Gasteiger partial charge in [-0.05, 0) is 87.3 Å².